The van der Waals surface area contributed by atoms with Gasteiger partial charge >= 0.3 is 0 Å². The first kappa shape index (κ1) is 20.3. The number of aromatic nitrogens is 1. The minimum Gasteiger partial charge on any atom is -0.758 e. The molecule has 0 aliphatic rings. The van der Waals surface area contributed by atoms with Crippen molar-refractivity contribution in [2.45, 2.75) is 32.2 Å². The molecule has 3 nitrogen and oxygen atoms in total. The lowest BCUT2D eigenvalue weighted by Gasteiger charge is -2.21. The van der Waals surface area contributed by atoms with Crippen LogP contribution < -0.4 is 4.57 Å². The molecule has 0 aliphatic carbocycles. The molecule has 0 unspecified atom stereocenters. The number of hydrogen-bond donors (Lipinski definition) is 0. The van der Waals surface area contributed by atoms with E-state index in [1.54, 1.807) is 34.9 Å². The Hall–Kier alpha value is -2.04. The second-order valence-corrected chi connectivity index (χ2v) is 7.82. The maximum atomic E-state index is 13.2. The van der Waals surface area contributed by atoms with E-state index in [0.717, 1.165) is 0 Å². The van der Waals surface area contributed by atoms with Gasteiger partial charge in [-0.3, -0.25) is 4.79 Å². The smallest absolute Gasteiger partial charge is 0.237 e. The highest BCUT2D eigenvalue weighted by atomic mass is 35.5. The summed E-state index contributed by atoms with van der Waals surface area (Å²) in [7, 11) is 0. The molecule has 136 valence electrons. The standard InChI is InChI=1S/C21H23ClN2OS/c1-5-12-23-20(26)18(19(25)16-8-6-7-9-17(16)22)24-13-10-15(11-14-24)21(2,3)4/h5-11,13-14,18H,1,12H2,2-4H3/t18-/m1/s1. The monoisotopic (exact) mass is 386 g/mol. The Morgan fingerprint density at radius 3 is 2.42 bits per heavy atom. The summed E-state index contributed by atoms with van der Waals surface area (Å²) < 4.78 is 1.79. The maximum Gasteiger partial charge on any atom is 0.237 e. The molecule has 0 saturated heterocycles. The summed E-state index contributed by atoms with van der Waals surface area (Å²) in [6.45, 7) is 10.4. The van der Waals surface area contributed by atoms with Gasteiger partial charge < -0.3 is 17.6 Å². The zero-order valence-corrected chi connectivity index (χ0v) is 16.8. The average Bonchev–Trinajstić information content (AvgIpc) is 2.60. The molecule has 0 amide bonds. The molecule has 1 aromatic heterocycles. The molecular formula is C21H23ClN2OS. The fourth-order valence-electron chi connectivity index (χ4n) is 2.53. The number of nitrogens with zero attached hydrogens (tertiary/aromatic N) is 2. The fraction of sp³-hybridized carbons (Fsp3) is 0.286. The number of benzene rings is 1. The van der Waals surface area contributed by atoms with Crippen molar-refractivity contribution in [2.75, 3.05) is 6.54 Å². The molecule has 1 atom stereocenters. The Morgan fingerprint density at radius 1 is 1.27 bits per heavy atom. The van der Waals surface area contributed by atoms with Gasteiger partial charge in [0, 0.05) is 17.7 Å². The molecule has 1 aromatic carbocycles. The number of carbonyl (C=O) groups is 1. The Balaban J connectivity index is 2.50. The van der Waals surface area contributed by atoms with Gasteiger partial charge in [0.25, 0.3) is 0 Å². The number of carbonyl (C=O) groups excluding carboxylic acids is 1. The number of pyridine rings is 1. The highest BCUT2D eigenvalue weighted by Gasteiger charge is 2.30. The molecule has 0 bridgehead atoms. The van der Waals surface area contributed by atoms with Crippen LogP contribution in [0.4, 0.5) is 0 Å². The Kier molecular flexibility index (Phi) is 6.68. The van der Waals surface area contributed by atoms with Crippen LogP contribution in [0.15, 0.2) is 66.4 Å². The molecule has 0 spiro atoms. The minimum atomic E-state index is -0.723. The van der Waals surface area contributed by atoms with Crippen molar-refractivity contribution in [3.8, 4) is 0 Å². The van der Waals surface area contributed by atoms with Crippen LogP contribution in [0.5, 0.6) is 0 Å². The second-order valence-electron chi connectivity index (χ2n) is 7.00. The number of rotatable bonds is 6. The zero-order chi connectivity index (χ0) is 19.3. The van der Waals surface area contributed by atoms with Gasteiger partial charge in [-0.2, -0.15) is 4.57 Å². The summed E-state index contributed by atoms with van der Waals surface area (Å²) in [4.78, 5) is 17.5. The van der Waals surface area contributed by atoms with Crippen LogP contribution in [0.25, 0.3) is 0 Å². The first-order valence-electron chi connectivity index (χ1n) is 8.38. The van der Waals surface area contributed by atoms with E-state index in [0.29, 0.717) is 22.2 Å². The maximum absolute atomic E-state index is 13.2. The largest absolute Gasteiger partial charge is 0.758 e. The third kappa shape index (κ3) is 4.77. The lowest BCUT2D eigenvalue weighted by Crippen LogP contribution is -2.48. The van der Waals surface area contributed by atoms with Crippen molar-refractivity contribution in [3.63, 3.8) is 0 Å². The van der Waals surface area contributed by atoms with Crippen molar-refractivity contribution in [1.82, 2.24) is 0 Å². The van der Waals surface area contributed by atoms with Crippen molar-refractivity contribution >= 4 is 35.1 Å². The van der Waals surface area contributed by atoms with Gasteiger partial charge in [0.05, 0.1) is 11.6 Å². The van der Waals surface area contributed by atoms with E-state index in [1.165, 1.54) is 5.56 Å². The molecule has 0 N–H and O–H groups in total. The summed E-state index contributed by atoms with van der Waals surface area (Å²) in [5.74, 6) is -0.179. The molecule has 5 heteroatoms. The third-order valence-corrected chi connectivity index (χ3v) is 4.70. The number of aliphatic imine (C=N–C) groups is 1. The SMILES string of the molecule is C=CCN=C([S-])[C@@H](C(=O)c1ccccc1Cl)[n+]1ccc(C(C)(C)C)cc1. The Morgan fingerprint density at radius 2 is 1.88 bits per heavy atom. The summed E-state index contributed by atoms with van der Waals surface area (Å²) >= 11 is 11.7. The molecular weight excluding hydrogens is 364 g/mol. The fourth-order valence-corrected chi connectivity index (χ4v) is 3.07. The summed E-state index contributed by atoms with van der Waals surface area (Å²) in [6, 6.07) is 10.3. The van der Waals surface area contributed by atoms with Crippen molar-refractivity contribution < 1.29 is 9.36 Å². The van der Waals surface area contributed by atoms with Crippen molar-refractivity contribution in [1.29, 1.82) is 0 Å². The van der Waals surface area contributed by atoms with Crippen LogP contribution >= 0.6 is 11.6 Å². The van der Waals surface area contributed by atoms with E-state index in [-0.39, 0.29) is 11.2 Å². The average molecular weight is 387 g/mol. The quantitative estimate of drug-likeness (QED) is 0.183. The van der Waals surface area contributed by atoms with E-state index in [2.05, 4.69) is 32.3 Å². The van der Waals surface area contributed by atoms with E-state index in [4.69, 9.17) is 24.2 Å². The van der Waals surface area contributed by atoms with Crippen LogP contribution in [0.1, 0.15) is 42.7 Å². The van der Waals surface area contributed by atoms with Crippen LogP contribution in [0.2, 0.25) is 5.02 Å². The Labute approximate surface area is 165 Å². The summed E-state index contributed by atoms with van der Waals surface area (Å²) in [6.07, 6.45) is 5.39. The molecule has 0 fully saturated rings. The number of halogens is 1. The predicted molar refractivity (Wildman–Crippen MR) is 110 cm³/mol. The number of Topliss-reactive ketones (excluding diaryl/α,β-unsaturated/α-hetero) is 1. The van der Waals surface area contributed by atoms with Gasteiger partial charge in [-0.25, -0.2) is 0 Å². The van der Waals surface area contributed by atoms with Crippen LogP contribution in [-0.2, 0) is 18.0 Å². The molecule has 2 rings (SSSR count). The predicted octanol–water partition coefficient (Wildman–Crippen LogP) is 4.48. The van der Waals surface area contributed by atoms with Crippen LogP contribution in [0.3, 0.4) is 0 Å². The van der Waals surface area contributed by atoms with E-state index in [9.17, 15) is 4.79 Å². The molecule has 0 radical (unpaired) electrons. The Bertz CT molecular complexity index is 823. The van der Waals surface area contributed by atoms with Crippen molar-refractivity contribution in [3.05, 3.63) is 77.6 Å². The van der Waals surface area contributed by atoms with Gasteiger partial charge in [0.1, 0.15) is 0 Å². The first-order chi connectivity index (χ1) is 12.3. The van der Waals surface area contributed by atoms with Gasteiger partial charge in [0.15, 0.2) is 12.4 Å². The van der Waals surface area contributed by atoms with Gasteiger partial charge in [-0.05, 0) is 28.2 Å². The van der Waals surface area contributed by atoms with Gasteiger partial charge in [-0.15, -0.1) is 6.58 Å². The topological polar surface area (TPSA) is 33.3 Å². The first-order valence-corrected chi connectivity index (χ1v) is 9.16. The van der Waals surface area contributed by atoms with E-state index in [1.807, 2.05) is 24.5 Å². The minimum absolute atomic E-state index is 0.0229. The van der Waals surface area contributed by atoms with E-state index < -0.39 is 6.04 Å². The van der Waals surface area contributed by atoms with Crippen LogP contribution in [0, 0.1) is 0 Å². The highest BCUT2D eigenvalue weighted by Crippen LogP contribution is 2.22. The normalized spacial score (nSPS) is 13.3. The molecule has 0 aliphatic heterocycles. The summed E-state index contributed by atoms with van der Waals surface area (Å²) in [5.41, 5.74) is 1.63. The van der Waals surface area contributed by atoms with Gasteiger partial charge in [0.2, 0.25) is 11.8 Å². The van der Waals surface area contributed by atoms with Crippen LogP contribution in [-0.4, -0.2) is 17.4 Å². The molecule has 0 saturated carbocycles. The molecule has 1 heterocycles. The lowest BCUT2D eigenvalue weighted by molar-refractivity contribution is -0.692. The van der Waals surface area contributed by atoms with Gasteiger partial charge in [-0.1, -0.05) is 50.6 Å². The zero-order valence-electron chi connectivity index (χ0n) is 15.3. The third-order valence-electron chi connectivity index (χ3n) is 4.01. The molecule has 2 aromatic rings. The lowest BCUT2D eigenvalue weighted by atomic mass is 9.88. The second kappa shape index (κ2) is 8.56. The summed E-state index contributed by atoms with van der Waals surface area (Å²) in [5, 5.41) is 0.712. The highest BCUT2D eigenvalue weighted by molar-refractivity contribution is 7.77. The van der Waals surface area contributed by atoms with Crippen molar-refractivity contribution in [2.24, 2.45) is 4.99 Å². The number of hydrogen-bond acceptors (Lipinski definition) is 3. The molecule has 26 heavy (non-hydrogen) atoms. The number of ketones is 1. The van der Waals surface area contributed by atoms with E-state index >= 15 is 0 Å².